The number of nitrogens with zero attached hydrogens (tertiary/aromatic N) is 2. The molecule has 2 aliphatic heterocycles. The Morgan fingerprint density at radius 1 is 1.20 bits per heavy atom. The number of nitrogens with one attached hydrogen (secondary N) is 1. The van der Waals surface area contributed by atoms with E-state index in [-0.39, 0.29) is 18.0 Å². The summed E-state index contributed by atoms with van der Waals surface area (Å²) in [5.41, 5.74) is 1.28. The first-order chi connectivity index (χ1) is 16.8. The molecule has 1 unspecified atom stereocenters. The second-order valence-electron chi connectivity index (χ2n) is 8.67. The molecule has 190 valence electrons. The molecule has 1 amide bonds. The molecule has 1 aromatic carbocycles. The van der Waals surface area contributed by atoms with Gasteiger partial charge in [0.2, 0.25) is 15.9 Å². The molecule has 0 radical (unpaired) electrons. The van der Waals surface area contributed by atoms with Gasteiger partial charge in [0.15, 0.2) is 0 Å². The van der Waals surface area contributed by atoms with Crippen LogP contribution in [0.2, 0.25) is 0 Å². The highest BCUT2D eigenvalue weighted by Gasteiger charge is 2.40. The number of halogens is 1. The standard InChI is InChI=1S/C24H30FN3O5S2/c1-3-12-27-14-11-18-20(15-27)34-23(21(18)24(30)33-4-2)26-22(29)19-6-5-13-28(19)35(31,32)17-9-7-16(25)8-10-17/h7-10,19H,3-6,11-15H2,1-2H3,(H,26,29). The summed E-state index contributed by atoms with van der Waals surface area (Å²) < 4.78 is 46.1. The number of anilines is 1. The molecule has 2 aliphatic rings. The molecule has 1 atom stereocenters. The van der Waals surface area contributed by atoms with Gasteiger partial charge in [0.05, 0.1) is 17.1 Å². The first-order valence-corrected chi connectivity index (χ1v) is 14.1. The van der Waals surface area contributed by atoms with Gasteiger partial charge in [-0.05, 0) is 69.0 Å². The largest absolute Gasteiger partial charge is 0.462 e. The van der Waals surface area contributed by atoms with Crippen molar-refractivity contribution < 1.29 is 27.1 Å². The van der Waals surface area contributed by atoms with Crippen LogP contribution in [0.25, 0.3) is 0 Å². The predicted molar refractivity (Wildman–Crippen MR) is 131 cm³/mol. The third-order valence-corrected chi connectivity index (χ3v) is 9.37. The summed E-state index contributed by atoms with van der Waals surface area (Å²) in [6.07, 6.45) is 2.59. The van der Waals surface area contributed by atoms with E-state index in [1.807, 2.05) is 0 Å². The number of benzene rings is 1. The van der Waals surface area contributed by atoms with E-state index in [1.165, 1.54) is 23.5 Å². The number of thiophene rings is 1. The van der Waals surface area contributed by atoms with Crippen LogP contribution in [0.4, 0.5) is 9.39 Å². The van der Waals surface area contributed by atoms with Gasteiger partial charge in [-0.15, -0.1) is 11.3 Å². The first kappa shape index (κ1) is 25.7. The summed E-state index contributed by atoms with van der Waals surface area (Å²) in [4.78, 5) is 29.4. The van der Waals surface area contributed by atoms with E-state index in [0.29, 0.717) is 36.4 Å². The Morgan fingerprint density at radius 2 is 1.94 bits per heavy atom. The van der Waals surface area contributed by atoms with Crippen LogP contribution in [0.5, 0.6) is 0 Å². The maximum atomic E-state index is 13.3. The summed E-state index contributed by atoms with van der Waals surface area (Å²) in [5, 5.41) is 3.26. The highest BCUT2D eigenvalue weighted by molar-refractivity contribution is 7.89. The van der Waals surface area contributed by atoms with Crippen LogP contribution in [-0.4, -0.2) is 61.8 Å². The fourth-order valence-corrected chi connectivity index (χ4v) is 7.64. The lowest BCUT2D eigenvalue weighted by Crippen LogP contribution is -2.43. The fraction of sp³-hybridized carbons (Fsp3) is 0.500. The maximum Gasteiger partial charge on any atom is 0.341 e. The molecular weight excluding hydrogens is 493 g/mol. The molecular formula is C24H30FN3O5S2. The monoisotopic (exact) mass is 523 g/mol. The van der Waals surface area contributed by atoms with Crippen molar-refractivity contribution in [1.82, 2.24) is 9.21 Å². The van der Waals surface area contributed by atoms with E-state index in [9.17, 15) is 22.4 Å². The van der Waals surface area contributed by atoms with Crippen molar-refractivity contribution in [2.45, 2.75) is 57.0 Å². The van der Waals surface area contributed by atoms with Crippen LogP contribution in [0.1, 0.15) is 53.9 Å². The van der Waals surface area contributed by atoms with Gasteiger partial charge in [0, 0.05) is 24.5 Å². The van der Waals surface area contributed by atoms with Crippen LogP contribution in [-0.2, 0) is 32.5 Å². The van der Waals surface area contributed by atoms with Gasteiger partial charge in [-0.3, -0.25) is 9.69 Å². The van der Waals surface area contributed by atoms with Gasteiger partial charge >= 0.3 is 5.97 Å². The average molecular weight is 524 g/mol. The zero-order chi connectivity index (χ0) is 25.2. The van der Waals surface area contributed by atoms with E-state index >= 15 is 0 Å². The average Bonchev–Trinajstić information content (AvgIpc) is 3.45. The molecule has 0 spiro atoms. The molecule has 1 fully saturated rings. The predicted octanol–water partition coefficient (Wildman–Crippen LogP) is 3.62. The minimum absolute atomic E-state index is 0.0617. The summed E-state index contributed by atoms with van der Waals surface area (Å²) in [6.45, 7) is 6.72. The van der Waals surface area contributed by atoms with Crippen molar-refractivity contribution in [3.8, 4) is 0 Å². The smallest absolute Gasteiger partial charge is 0.341 e. The van der Waals surface area contributed by atoms with Crippen molar-refractivity contribution in [1.29, 1.82) is 0 Å². The van der Waals surface area contributed by atoms with Gasteiger partial charge in [0.1, 0.15) is 16.9 Å². The number of esters is 1. The minimum Gasteiger partial charge on any atom is -0.462 e. The van der Waals surface area contributed by atoms with E-state index in [2.05, 4.69) is 17.1 Å². The molecule has 3 heterocycles. The van der Waals surface area contributed by atoms with Crippen molar-refractivity contribution in [2.24, 2.45) is 0 Å². The lowest BCUT2D eigenvalue weighted by atomic mass is 10.0. The lowest BCUT2D eigenvalue weighted by Gasteiger charge is -2.26. The van der Waals surface area contributed by atoms with Crippen molar-refractivity contribution >= 4 is 38.2 Å². The van der Waals surface area contributed by atoms with E-state index < -0.39 is 33.8 Å². The molecule has 2 aromatic rings. The minimum atomic E-state index is -3.98. The number of fused-ring (bicyclic) bond motifs is 1. The molecule has 1 aromatic heterocycles. The molecule has 0 saturated carbocycles. The zero-order valence-electron chi connectivity index (χ0n) is 19.9. The van der Waals surface area contributed by atoms with Crippen LogP contribution in [0.3, 0.4) is 0 Å². The van der Waals surface area contributed by atoms with Crippen molar-refractivity contribution in [3.05, 3.63) is 46.1 Å². The number of ether oxygens (including phenoxy) is 1. The Kier molecular flexibility index (Phi) is 7.89. The molecule has 0 bridgehead atoms. The number of sulfonamides is 1. The van der Waals surface area contributed by atoms with Crippen LogP contribution in [0.15, 0.2) is 29.2 Å². The van der Waals surface area contributed by atoms with Crippen molar-refractivity contribution in [3.63, 3.8) is 0 Å². The molecule has 1 N–H and O–H groups in total. The number of hydrogen-bond acceptors (Lipinski definition) is 7. The first-order valence-electron chi connectivity index (χ1n) is 11.9. The number of rotatable bonds is 8. The topological polar surface area (TPSA) is 96.0 Å². The highest BCUT2D eigenvalue weighted by Crippen LogP contribution is 2.38. The van der Waals surface area contributed by atoms with Gasteiger partial charge in [0.25, 0.3) is 0 Å². The second-order valence-corrected chi connectivity index (χ2v) is 11.7. The van der Waals surface area contributed by atoms with Gasteiger partial charge in [-0.1, -0.05) is 6.92 Å². The van der Waals surface area contributed by atoms with Crippen LogP contribution >= 0.6 is 11.3 Å². The van der Waals surface area contributed by atoms with Gasteiger partial charge in [-0.25, -0.2) is 17.6 Å². The summed E-state index contributed by atoms with van der Waals surface area (Å²) in [7, 11) is -3.98. The van der Waals surface area contributed by atoms with Crippen LogP contribution in [0, 0.1) is 5.82 Å². The Balaban J connectivity index is 1.60. The highest BCUT2D eigenvalue weighted by atomic mass is 32.2. The number of carbonyl (C=O) groups excluding carboxylic acids is 2. The Hall–Kier alpha value is -2.34. The summed E-state index contributed by atoms with van der Waals surface area (Å²) in [6, 6.07) is 3.65. The fourth-order valence-electron chi connectivity index (χ4n) is 4.70. The molecule has 0 aliphatic carbocycles. The third-order valence-electron chi connectivity index (χ3n) is 6.32. The van der Waals surface area contributed by atoms with Crippen molar-refractivity contribution in [2.75, 3.05) is 31.6 Å². The van der Waals surface area contributed by atoms with Gasteiger partial charge < -0.3 is 10.1 Å². The zero-order valence-corrected chi connectivity index (χ0v) is 21.5. The Bertz CT molecular complexity index is 1200. The van der Waals surface area contributed by atoms with E-state index in [0.717, 1.165) is 46.4 Å². The second kappa shape index (κ2) is 10.7. The molecule has 35 heavy (non-hydrogen) atoms. The van der Waals surface area contributed by atoms with Gasteiger partial charge in [-0.2, -0.15) is 4.31 Å². The van der Waals surface area contributed by atoms with E-state index in [4.69, 9.17) is 4.74 Å². The normalized spacial score (nSPS) is 18.9. The molecule has 1 saturated heterocycles. The maximum absolute atomic E-state index is 13.3. The Morgan fingerprint density at radius 3 is 2.63 bits per heavy atom. The quantitative estimate of drug-likeness (QED) is 0.531. The summed E-state index contributed by atoms with van der Waals surface area (Å²) >= 11 is 1.36. The lowest BCUT2D eigenvalue weighted by molar-refractivity contribution is -0.119. The SMILES string of the molecule is CCCN1CCc2c(sc(NC(=O)C3CCCN3S(=O)(=O)c3ccc(F)cc3)c2C(=O)OCC)C1. The number of hydrogen-bond donors (Lipinski definition) is 1. The molecule has 8 nitrogen and oxygen atoms in total. The third kappa shape index (κ3) is 5.28. The summed E-state index contributed by atoms with van der Waals surface area (Å²) in [5.74, 6) is -1.50. The van der Waals surface area contributed by atoms with Crippen LogP contribution < -0.4 is 5.32 Å². The number of amides is 1. The number of carbonyl (C=O) groups is 2. The molecule has 11 heteroatoms. The molecule has 4 rings (SSSR count). The van der Waals surface area contributed by atoms with E-state index in [1.54, 1.807) is 6.92 Å². The Labute approximate surface area is 209 Å².